The number of carbonyl (C=O) groups excluding carboxylic acids is 1. The molecule has 134 valence electrons. The first kappa shape index (κ1) is 20.7. The first-order valence-electron chi connectivity index (χ1n) is 7.06. The third-order valence-corrected chi connectivity index (χ3v) is 6.51. The molecule has 5 nitrogen and oxygen atoms in total. The third kappa shape index (κ3) is 5.70. The molecule has 2 aromatic rings. The van der Waals surface area contributed by atoms with Crippen molar-refractivity contribution in [2.45, 2.75) is 16.5 Å². The zero-order valence-corrected chi connectivity index (χ0v) is 19.2. The molecule has 3 unspecified atom stereocenters. The Morgan fingerprint density at radius 2 is 1.76 bits per heavy atom. The summed E-state index contributed by atoms with van der Waals surface area (Å²) in [6.45, 7) is 1.39. The Hall–Kier alpha value is -0.570. The number of benzene rings is 2. The summed E-state index contributed by atoms with van der Waals surface area (Å²) in [5, 5.41) is 2.61. The van der Waals surface area contributed by atoms with Crippen molar-refractivity contribution in [1.82, 2.24) is 0 Å². The van der Waals surface area contributed by atoms with Crippen LogP contribution in [0.1, 0.15) is 12.5 Å². The molecule has 2 aromatic carbocycles. The zero-order valence-electron chi connectivity index (χ0n) is 13.3. The molecule has 0 radical (unpaired) electrons. The average Bonchev–Trinajstić information content (AvgIpc) is 2.45. The van der Waals surface area contributed by atoms with Gasteiger partial charge in [0.1, 0.15) is 4.90 Å². The van der Waals surface area contributed by atoms with Crippen molar-refractivity contribution in [3.63, 3.8) is 0 Å². The van der Waals surface area contributed by atoms with Crippen molar-refractivity contribution < 1.29 is 13.2 Å². The number of hydrogen-bond donors (Lipinski definition) is 2. The summed E-state index contributed by atoms with van der Waals surface area (Å²) in [5.74, 6) is -0.228. The normalized spacial score (nSPS) is 11.9. The minimum Gasteiger partial charge on any atom is -0.326 e. The van der Waals surface area contributed by atoms with Crippen LogP contribution in [-0.4, -0.2) is 14.3 Å². The summed E-state index contributed by atoms with van der Waals surface area (Å²) in [4.78, 5) is 11.2. The van der Waals surface area contributed by atoms with Gasteiger partial charge in [-0.1, -0.05) is 12.1 Å². The van der Waals surface area contributed by atoms with Crippen LogP contribution in [0.3, 0.4) is 0 Å². The lowest BCUT2D eigenvalue weighted by Gasteiger charge is -2.19. The van der Waals surface area contributed by atoms with Crippen molar-refractivity contribution in [3.8, 4) is 0 Å². The Labute approximate surface area is 162 Å². The highest BCUT2D eigenvalue weighted by molar-refractivity contribution is 9.10. The van der Waals surface area contributed by atoms with E-state index >= 15 is 0 Å². The molecule has 0 aliphatic carbocycles. The number of rotatable bonds is 5. The smallest absolute Gasteiger partial charge is 0.263 e. The van der Waals surface area contributed by atoms with E-state index in [2.05, 4.69) is 53.7 Å². The molecule has 0 aromatic heterocycles. The van der Waals surface area contributed by atoms with Gasteiger partial charge in [-0.15, -0.1) is 27.7 Å². The molecule has 0 fully saturated rings. The van der Waals surface area contributed by atoms with Crippen LogP contribution in [0, 0.1) is 0 Å². The number of halogens is 1. The summed E-state index contributed by atoms with van der Waals surface area (Å²) >= 11 is 3.25. The van der Waals surface area contributed by atoms with Crippen LogP contribution in [0.15, 0.2) is 51.8 Å². The predicted octanol–water partition coefficient (Wildman–Crippen LogP) is 3.94. The molecule has 1 amide bonds. The molecule has 25 heavy (non-hydrogen) atoms. The van der Waals surface area contributed by atoms with Gasteiger partial charge in [0, 0.05) is 27.4 Å². The number of hydrogen-bond acceptors (Lipinski definition) is 3. The molecular formula is C15H18BrN2O3P3S. The Kier molecular flexibility index (Phi) is 6.62. The van der Waals surface area contributed by atoms with E-state index in [1.165, 1.54) is 19.1 Å². The van der Waals surface area contributed by atoms with Crippen LogP contribution < -0.4 is 10.0 Å². The van der Waals surface area contributed by atoms with Gasteiger partial charge in [0.05, 0.1) is 0 Å². The molecule has 0 heterocycles. The summed E-state index contributed by atoms with van der Waals surface area (Å²) in [7, 11) is 4.20. The van der Waals surface area contributed by atoms with Gasteiger partial charge in [0.15, 0.2) is 0 Å². The van der Waals surface area contributed by atoms with Crippen molar-refractivity contribution in [2.24, 2.45) is 0 Å². The highest BCUT2D eigenvalue weighted by Gasteiger charge is 2.20. The summed E-state index contributed by atoms with van der Waals surface area (Å²) < 4.78 is 28.0. The number of sulfonamides is 1. The minimum atomic E-state index is -3.78. The molecule has 2 rings (SSSR count). The van der Waals surface area contributed by atoms with E-state index in [0.717, 1.165) is 5.56 Å². The van der Waals surface area contributed by atoms with Crippen LogP contribution in [0.4, 0.5) is 11.4 Å². The molecule has 0 saturated carbocycles. The molecular weight excluding hydrogens is 461 g/mol. The largest absolute Gasteiger partial charge is 0.326 e. The molecule has 0 aliphatic rings. The minimum absolute atomic E-state index is 0.0842. The van der Waals surface area contributed by atoms with Crippen molar-refractivity contribution in [1.29, 1.82) is 0 Å². The van der Waals surface area contributed by atoms with E-state index in [4.69, 9.17) is 0 Å². The third-order valence-electron chi connectivity index (χ3n) is 3.16. The van der Waals surface area contributed by atoms with Crippen molar-refractivity contribution in [3.05, 3.63) is 52.5 Å². The second kappa shape index (κ2) is 7.98. The van der Waals surface area contributed by atoms with Gasteiger partial charge in [-0.25, -0.2) is 8.42 Å². The maximum atomic E-state index is 12.7. The Morgan fingerprint density at radius 3 is 2.32 bits per heavy atom. The number of nitrogens with one attached hydrogen (secondary N) is 2. The van der Waals surface area contributed by atoms with Crippen LogP contribution in [0.2, 0.25) is 0 Å². The SMILES string of the molecule is CC(=O)Nc1ccc(S(=O)(=O)Nc2cccc(C(P)(P)P)c2)c(Br)c1. The van der Waals surface area contributed by atoms with Crippen LogP contribution in [-0.2, 0) is 19.5 Å². The quantitative estimate of drug-likeness (QED) is 0.639. The summed E-state index contributed by atoms with van der Waals surface area (Å²) in [5.41, 5.74) is 1.90. The molecule has 0 bridgehead atoms. The lowest BCUT2D eigenvalue weighted by molar-refractivity contribution is -0.114. The fraction of sp³-hybridized carbons (Fsp3) is 0.133. The number of carbonyl (C=O) groups is 1. The van der Waals surface area contributed by atoms with Crippen LogP contribution in [0.5, 0.6) is 0 Å². The fourth-order valence-electron chi connectivity index (χ4n) is 2.06. The molecule has 0 aliphatic heterocycles. The van der Waals surface area contributed by atoms with E-state index in [1.54, 1.807) is 24.3 Å². The first-order chi connectivity index (χ1) is 11.5. The van der Waals surface area contributed by atoms with Gasteiger partial charge in [-0.3, -0.25) is 9.52 Å². The first-order valence-corrected chi connectivity index (χ1v) is 11.1. The summed E-state index contributed by atoms with van der Waals surface area (Å²) in [6.07, 6.45) is 0. The van der Waals surface area contributed by atoms with Gasteiger partial charge in [0.2, 0.25) is 5.91 Å². The van der Waals surface area contributed by atoms with E-state index in [9.17, 15) is 13.2 Å². The van der Waals surface area contributed by atoms with Crippen molar-refractivity contribution >= 4 is 71.0 Å². The molecule has 2 N–H and O–H groups in total. The predicted molar refractivity (Wildman–Crippen MR) is 117 cm³/mol. The number of amides is 1. The Bertz CT molecular complexity index is 914. The second-order valence-electron chi connectivity index (χ2n) is 5.45. The van der Waals surface area contributed by atoms with E-state index in [-0.39, 0.29) is 15.4 Å². The monoisotopic (exact) mass is 478 g/mol. The van der Waals surface area contributed by atoms with Crippen LogP contribution >= 0.6 is 43.6 Å². The fourth-order valence-corrected chi connectivity index (χ4v) is 4.73. The van der Waals surface area contributed by atoms with Gasteiger partial charge < -0.3 is 5.32 Å². The van der Waals surface area contributed by atoms with E-state index in [1.807, 2.05) is 6.07 Å². The maximum Gasteiger partial charge on any atom is 0.263 e. The van der Waals surface area contributed by atoms with Gasteiger partial charge in [-0.2, -0.15) is 0 Å². The second-order valence-corrected chi connectivity index (χ2v) is 12.8. The number of anilines is 2. The zero-order chi connectivity index (χ0) is 18.8. The highest BCUT2D eigenvalue weighted by atomic mass is 79.9. The van der Waals surface area contributed by atoms with Gasteiger partial charge in [0.25, 0.3) is 10.0 Å². The van der Waals surface area contributed by atoms with E-state index in [0.29, 0.717) is 15.8 Å². The van der Waals surface area contributed by atoms with E-state index < -0.39 is 10.0 Å². The topological polar surface area (TPSA) is 75.3 Å². The standard InChI is InChI=1S/C15H18BrN2O3P3S/c1-9(19)17-11-5-6-14(13(16)8-11)25(20,21)18-12-4-2-3-10(7-12)15(22,23)24/h2-8,18H,22-24H2,1H3,(H,17,19). The van der Waals surface area contributed by atoms with Gasteiger partial charge >= 0.3 is 0 Å². The lowest BCUT2D eigenvalue weighted by atomic mass is 10.2. The Morgan fingerprint density at radius 1 is 1.08 bits per heavy atom. The van der Waals surface area contributed by atoms with Gasteiger partial charge in [-0.05, 0) is 51.8 Å². The Balaban J connectivity index is 2.32. The molecule has 0 saturated heterocycles. The van der Waals surface area contributed by atoms with Crippen molar-refractivity contribution in [2.75, 3.05) is 10.0 Å². The molecule has 10 heteroatoms. The highest BCUT2D eigenvalue weighted by Crippen LogP contribution is 2.45. The molecule has 0 spiro atoms. The van der Waals surface area contributed by atoms with Crippen LogP contribution in [0.25, 0.3) is 0 Å². The lowest BCUT2D eigenvalue weighted by Crippen LogP contribution is -2.14. The summed E-state index contributed by atoms with van der Waals surface area (Å²) in [6, 6.07) is 11.7. The molecule has 3 atom stereocenters. The average molecular weight is 479 g/mol. The maximum absolute atomic E-state index is 12.7.